The van der Waals surface area contributed by atoms with Gasteiger partial charge in [-0.15, -0.1) is 5.11 Å². The third kappa shape index (κ3) is 3.22. The van der Waals surface area contributed by atoms with E-state index in [1.54, 1.807) is 18.7 Å². The molecule has 9 nitrogen and oxygen atoms in total. The van der Waals surface area contributed by atoms with Gasteiger partial charge in [-0.25, -0.2) is 4.68 Å². The second-order valence-electron chi connectivity index (χ2n) is 5.53. The van der Waals surface area contributed by atoms with Gasteiger partial charge in [-0.2, -0.15) is 0 Å². The van der Waals surface area contributed by atoms with Crippen LogP contribution in [0.15, 0.2) is 69.7 Å². The molecule has 0 aliphatic carbocycles. The van der Waals surface area contributed by atoms with Gasteiger partial charge in [0.15, 0.2) is 5.69 Å². The van der Waals surface area contributed by atoms with Crippen molar-refractivity contribution in [2.24, 2.45) is 17.4 Å². The average Bonchev–Trinajstić information content (AvgIpc) is 2.86. The molecule has 0 saturated heterocycles. The van der Waals surface area contributed by atoms with Crippen LogP contribution in [0.4, 0.5) is 17.1 Å². The molecule has 3 rings (SSSR count). The summed E-state index contributed by atoms with van der Waals surface area (Å²) in [7, 11) is 1.77. The van der Waals surface area contributed by atoms with Crippen molar-refractivity contribution in [1.29, 1.82) is 0 Å². The molecule has 3 aromatic rings. The van der Waals surface area contributed by atoms with Crippen molar-refractivity contribution < 1.29 is 4.92 Å². The van der Waals surface area contributed by atoms with Crippen molar-refractivity contribution >= 4 is 17.1 Å². The Balaban J connectivity index is 1.85. The predicted molar refractivity (Wildman–Crippen MR) is 97.0 cm³/mol. The fourth-order valence-electron chi connectivity index (χ4n) is 2.46. The normalized spacial score (nSPS) is 11.0. The van der Waals surface area contributed by atoms with Crippen molar-refractivity contribution in [3.8, 4) is 5.69 Å². The predicted octanol–water partition coefficient (Wildman–Crippen LogP) is 3.50. The van der Waals surface area contributed by atoms with Crippen molar-refractivity contribution in [2.45, 2.75) is 6.92 Å². The van der Waals surface area contributed by atoms with Crippen LogP contribution >= 0.6 is 0 Å². The Morgan fingerprint density at radius 2 is 1.73 bits per heavy atom. The molecule has 0 saturated carbocycles. The van der Waals surface area contributed by atoms with Crippen molar-refractivity contribution in [3.63, 3.8) is 0 Å². The molecule has 0 fully saturated rings. The minimum Gasteiger partial charge on any atom is -0.283 e. The summed E-state index contributed by atoms with van der Waals surface area (Å²) in [5, 5.41) is 18.5. The number of nitro benzene ring substituents is 1. The highest BCUT2D eigenvalue weighted by molar-refractivity contribution is 5.48. The number of benzene rings is 2. The smallest absolute Gasteiger partial charge is 0.283 e. The van der Waals surface area contributed by atoms with Gasteiger partial charge in [0.05, 0.1) is 22.0 Å². The number of anilines is 1. The van der Waals surface area contributed by atoms with Gasteiger partial charge in [-0.3, -0.25) is 25.0 Å². The van der Waals surface area contributed by atoms with Gasteiger partial charge in [0, 0.05) is 19.2 Å². The Morgan fingerprint density at radius 1 is 1.08 bits per heavy atom. The lowest BCUT2D eigenvalue weighted by atomic mass is 10.3. The SMILES string of the molecule is Cc1c(N=NNc2ccc([N+](=O)[O-])cc2)c(=O)n(-c2ccccc2)n1C. The number of hydrogen-bond acceptors (Lipinski definition) is 5. The standard InChI is InChI=1S/C17H16N6O3/c1-12-16(17(24)22(21(12)2)14-6-4-3-5-7-14)19-20-18-13-8-10-15(11-9-13)23(25)26/h3-11H,1-2H3,(H,18,19). The van der Waals surface area contributed by atoms with Crippen LogP contribution in [-0.4, -0.2) is 14.3 Å². The zero-order chi connectivity index (χ0) is 18.7. The first kappa shape index (κ1) is 17.1. The minimum atomic E-state index is -0.481. The van der Waals surface area contributed by atoms with Gasteiger partial charge < -0.3 is 0 Å². The Kier molecular flexibility index (Phi) is 4.61. The molecular weight excluding hydrogens is 336 g/mol. The molecule has 132 valence electrons. The summed E-state index contributed by atoms with van der Waals surface area (Å²) in [6, 6.07) is 15.0. The van der Waals surface area contributed by atoms with Crippen LogP contribution in [-0.2, 0) is 7.05 Å². The lowest BCUT2D eigenvalue weighted by Gasteiger charge is -2.07. The van der Waals surface area contributed by atoms with Crippen molar-refractivity contribution in [2.75, 3.05) is 5.43 Å². The fourth-order valence-corrected chi connectivity index (χ4v) is 2.46. The monoisotopic (exact) mass is 352 g/mol. The highest BCUT2D eigenvalue weighted by Gasteiger charge is 2.15. The molecule has 0 amide bonds. The van der Waals surface area contributed by atoms with E-state index in [-0.39, 0.29) is 16.9 Å². The molecule has 2 aromatic carbocycles. The second kappa shape index (κ2) is 7.01. The molecule has 0 aliphatic rings. The lowest BCUT2D eigenvalue weighted by molar-refractivity contribution is -0.384. The topological polar surface area (TPSA) is 107 Å². The number of hydrogen-bond donors (Lipinski definition) is 1. The van der Waals surface area contributed by atoms with E-state index >= 15 is 0 Å². The molecule has 0 atom stereocenters. The van der Waals surface area contributed by atoms with Crippen LogP contribution in [0.25, 0.3) is 5.69 Å². The largest absolute Gasteiger partial charge is 0.299 e. The van der Waals surface area contributed by atoms with Crippen LogP contribution in [0, 0.1) is 17.0 Å². The third-order valence-corrected chi connectivity index (χ3v) is 3.93. The van der Waals surface area contributed by atoms with Gasteiger partial charge in [-0.1, -0.05) is 23.4 Å². The zero-order valence-electron chi connectivity index (χ0n) is 14.2. The summed E-state index contributed by atoms with van der Waals surface area (Å²) in [5.74, 6) is 0. The van der Waals surface area contributed by atoms with Gasteiger partial charge >= 0.3 is 0 Å². The summed E-state index contributed by atoms with van der Waals surface area (Å²) < 4.78 is 3.22. The van der Waals surface area contributed by atoms with E-state index in [1.807, 2.05) is 30.3 Å². The van der Waals surface area contributed by atoms with E-state index < -0.39 is 4.92 Å². The maximum atomic E-state index is 12.7. The Labute approximate surface area is 148 Å². The first-order valence-corrected chi connectivity index (χ1v) is 7.74. The summed E-state index contributed by atoms with van der Waals surface area (Å²) in [4.78, 5) is 22.8. The van der Waals surface area contributed by atoms with Gasteiger partial charge in [0.1, 0.15) is 0 Å². The van der Waals surface area contributed by atoms with Crippen LogP contribution in [0.2, 0.25) is 0 Å². The summed E-state index contributed by atoms with van der Waals surface area (Å²) >= 11 is 0. The molecular formula is C17H16N6O3. The van der Waals surface area contributed by atoms with E-state index in [9.17, 15) is 14.9 Å². The van der Waals surface area contributed by atoms with E-state index in [1.165, 1.54) is 28.9 Å². The van der Waals surface area contributed by atoms with E-state index in [4.69, 9.17) is 0 Å². The summed E-state index contributed by atoms with van der Waals surface area (Å²) in [6.45, 7) is 1.78. The van der Waals surface area contributed by atoms with E-state index in [0.29, 0.717) is 11.4 Å². The minimum absolute atomic E-state index is 0.0165. The van der Waals surface area contributed by atoms with Crippen molar-refractivity contribution in [1.82, 2.24) is 9.36 Å². The molecule has 1 heterocycles. The number of rotatable bonds is 5. The number of non-ortho nitro benzene ring substituents is 1. The maximum Gasteiger partial charge on any atom is 0.299 e. The lowest BCUT2D eigenvalue weighted by Crippen LogP contribution is -2.19. The van der Waals surface area contributed by atoms with Gasteiger partial charge in [0.2, 0.25) is 0 Å². The van der Waals surface area contributed by atoms with Crippen LogP contribution in [0.5, 0.6) is 0 Å². The zero-order valence-corrected chi connectivity index (χ0v) is 14.2. The average molecular weight is 352 g/mol. The summed E-state index contributed by atoms with van der Waals surface area (Å²) in [6.07, 6.45) is 0. The molecule has 9 heteroatoms. The highest BCUT2D eigenvalue weighted by Crippen LogP contribution is 2.18. The Bertz CT molecular complexity index is 1020. The molecule has 0 aliphatic heterocycles. The number of nitrogens with one attached hydrogen (secondary N) is 1. The number of nitrogens with zero attached hydrogens (tertiary/aromatic N) is 5. The maximum absolute atomic E-state index is 12.7. The highest BCUT2D eigenvalue weighted by atomic mass is 16.6. The molecule has 26 heavy (non-hydrogen) atoms. The molecule has 0 radical (unpaired) electrons. The Morgan fingerprint density at radius 3 is 2.35 bits per heavy atom. The quantitative estimate of drug-likeness (QED) is 0.431. The van der Waals surface area contributed by atoms with E-state index in [2.05, 4.69) is 15.8 Å². The molecule has 1 aromatic heterocycles. The first-order valence-electron chi connectivity index (χ1n) is 7.74. The van der Waals surface area contributed by atoms with Gasteiger partial charge in [-0.05, 0) is 31.2 Å². The van der Waals surface area contributed by atoms with Crippen LogP contribution < -0.4 is 11.0 Å². The van der Waals surface area contributed by atoms with Crippen LogP contribution in [0.1, 0.15) is 5.69 Å². The summed E-state index contributed by atoms with van der Waals surface area (Å²) in [5.41, 5.74) is 4.49. The van der Waals surface area contributed by atoms with E-state index in [0.717, 1.165) is 5.69 Å². The molecule has 1 N–H and O–H groups in total. The van der Waals surface area contributed by atoms with Crippen molar-refractivity contribution in [3.05, 3.63) is 80.8 Å². The third-order valence-electron chi connectivity index (χ3n) is 3.93. The second-order valence-corrected chi connectivity index (χ2v) is 5.53. The molecule has 0 bridgehead atoms. The van der Waals surface area contributed by atoms with Crippen LogP contribution in [0.3, 0.4) is 0 Å². The van der Waals surface area contributed by atoms with Gasteiger partial charge in [0.25, 0.3) is 11.2 Å². The fraction of sp³-hybridized carbons (Fsp3) is 0.118. The molecule has 0 unspecified atom stereocenters. The molecule has 0 spiro atoms. The number of aromatic nitrogens is 2. The first-order chi connectivity index (χ1) is 12.5. The number of para-hydroxylation sites is 1. The number of nitro groups is 1. The Hall–Kier alpha value is -3.75.